The fourth-order valence-electron chi connectivity index (χ4n) is 3.38. The molecule has 164 valence electrons. The number of aryl methyl sites for hydroxylation is 1. The molecule has 0 aliphatic carbocycles. The Hall–Kier alpha value is -3.51. The van der Waals surface area contributed by atoms with Crippen molar-refractivity contribution in [1.82, 2.24) is 5.32 Å². The first-order valence-corrected chi connectivity index (χ1v) is 10.7. The molecule has 1 heterocycles. The number of hydrogen-bond donors (Lipinski definition) is 2. The molecule has 32 heavy (non-hydrogen) atoms. The minimum absolute atomic E-state index is 0.146. The summed E-state index contributed by atoms with van der Waals surface area (Å²) < 4.78 is 11.1. The van der Waals surface area contributed by atoms with Gasteiger partial charge in [-0.15, -0.1) is 0 Å². The molecule has 7 heteroatoms. The number of amides is 2. The number of anilines is 1. The van der Waals surface area contributed by atoms with Gasteiger partial charge in [-0.25, -0.2) is 0 Å². The van der Waals surface area contributed by atoms with Gasteiger partial charge >= 0.3 is 0 Å². The van der Waals surface area contributed by atoms with Crippen LogP contribution < -0.4 is 20.1 Å². The Morgan fingerprint density at radius 3 is 2.56 bits per heavy atom. The SMILES string of the molecule is Cc1ccc(C(=O)Nc2cccc(CNC(=O)Cc3cc(Cl)c4c(c3)OCCO4)c2)cc1. The summed E-state index contributed by atoms with van der Waals surface area (Å²) in [6.45, 7) is 3.22. The Morgan fingerprint density at radius 2 is 1.75 bits per heavy atom. The first-order valence-electron chi connectivity index (χ1n) is 10.3. The molecule has 0 radical (unpaired) electrons. The molecule has 1 aliphatic rings. The zero-order valence-corrected chi connectivity index (χ0v) is 18.4. The molecule has 0 saturated carbocycles. The van der Waals surface area contributed by atoms with Crippen LogP contribution in [0.1, 0.15) is 27.0 Å². The van der Waals surface area contributed by atoms with Crippen LogP contribution in [-0.2, 0) is 17.8 Å². The second-order valence-electron chi connectivity index (χ2n) is 7.58. The normalized spacial score (nSPS) is 12.2. The molecule has 0 fully saturated rings. The summed E-state index contributed by atoms with van der Waals surface area (Å²) in [7, 11) is 0. The number of benzene rings is 3. The Morgan fingerprint density at radius 1 is 0.969 bits per heavy atom. The van der Waals surface area contributed by atoms with Gasteiger partial charge in [0.15, 0.2) is 11.5 Å². The number of hydrogen-bond acceptors (Lipinski definition) is 4. The number of rotatable bonds is 6. The number of nitrogens with one attached hydrogen (secondary N) is 2. The van der Waals surface area contributed by atoms with E-state index in [0.29, 0.717) is 47.5 Å². The van der Waals surface area contributed by atoms with Gasteiger partial charge in [0.1, 0.15) is 13.2 Å². The average molecular weight is 451 g/mol. The molecule has 1 aliphatic heterocycles. The molecular formula is C25H23ClN2O4. The minimum Gasteiger partial charge on any atom is -0.486 e. The molecule has 6 nitrogen and oxygen atoms in total. The van der Waals surface area contributed by atoms with E-state index in [0.717, 1.165) is 16.7 Å². The van der Waals surface area contributed by atoms with Crippen LogP contribution in [0.4, 0.5) is 5.69 Å². The van der Waals surface area contributed by atoms with Crippen LogP contribution in [0.25, 0.3) is 0 Å². The molecule has 0 aromatic heterocycles. The van der Waals surface area contributed by atoms with E-state index < -0.39 is 0 Å². The highest BCUT2D eigenvalue weighted by molar-refractivity contribution is 6.32. The Balaban J connectivity index is 1.34. The molecular weight excluding hydrogens is 428 g/mol. The van der Waals surface area contributed by atoms with Gasteiger partial charge in [0.2, 0.25) is 5.91 Å². The van der Waals surface area contributed by atoms with Gasteiger partial charge in [-0.3, -0.25) is 9.59 Å². The average Bonchev–Trinajstić information content (AvgIpc) is 2.78. The number of fused-ring (bicyclic) bond motifs is 1. The number of ether oxygens (including phenoxy) is 2. The molecule has 4 rings (SSSR count). The third kappa shape index (κ3) is 5.39. The highest BCUT2D eigenvalue weighted by atomic mass is 35.5. The van der Waals surface area contributed by atoms with E-state index in [4.69, 9.17) is 21.1 Å². The summed E-state index contributed by atoms with van der Waals surface area (Å²) >= 11 is 6.24. The minimum atomic E-state index is -0.179. The molecule has 0 unspecified atom stereocenters. The Bertz CT molecular complexity index is 1150. The van der Waals surface area contributed by atoms with Gasteiger partial charge in [-0.1, -0.05) is 41.4 Å². The van der Waals surface area contributed by atoms with E-state index in [9.17, 15) is 9.59 Å². The zero-order valence-electron chi connectivity index (χ0n) is 17.6. The summed E-state index contributed by atoms with van der Waals surface area (Å²) in [5, 5.41) is 6.22. The maximum atomic E-state index is 12.4. The van der Waals surface area contributed by atoms with Crippen LogP contribution in [0, 0.1) is 6.92 Å². The van der Waals surface area contributed by atoms with Crippen molar-refractivity contribution >= 4 is 29.1 Å². The fraction of sp³-hybridized carbons (Fsp3) is 0.200. The van der Waals surface area contributed by atoms with Crippen molar-refractivity contribution in [2.45, 2.75) is 19.9 Å². The molecule has 2 N–H and O–H groups in total. The molecule has 3 aromatic carbocycles. The summed E-state index contributed by atoms with van der Waals surface area (Å²) in [5.41, 5.74) is 3.97. The summed E-state index contributed by atoms with van der Waals surface area (Å²) in [6, 6.07) is 18.3. The lowest BCUT2D eigenvalue weighted by molar-refractivity contribution is -0.120. The summed E-state index contributed by atoms with van der Waals surface area (Å²) in [4.78, 5) is 24.9. The lowest BCUT2D eigenvalue weighted by Crippen LogP contribution is -2.25. The van der Waals surface area contributed by atoms with Crippen molar-refractivity contribution in [2.24, 2.45) is 0 Å². The van der Waals surface area contributed by atoms with Crippen LogP contribution >= 0.6 is 11.6 Å². The topological polar surface area (TPSA) is 76.7 Å². The largest absolute Gasteiger partial charge is 0.486 e. The second kappa shape index (κ2) is 9.75. The van der Waals surface area contributed by atoms with Crippen LogP contribution in [0.2, 0.25) is 5.02 Å². The second-order valence-corrected chi connectivity index (χ2v) is 7.98. The summed E-state index contributed by atoms with van der Waals surface area (Å²) in [6.07, 6.45) is 0.167. The van der Waals surface area contributed by atoms with E-state index in [-0.39, 0.29) is 18.2 Å². The molecule has 0 spiro atoms. The van der Waals surface area contributed by atoms with Gasteiger partial charge < -0.3 is 20.1 Å². The van der Waals surface area contributed by atoms with E-state index in [2.05, 4.69) is 10.6 Å². The van der Waals surface area contributed by atoms with Crippen molar-refractivity contribution in [3.05, 3.63) is 87.9 Å². The molecule has 0 bridgehead atoms. The quantitative estimate of drug-likeness (QED) is 0.578. The van der Waals surface area contributed by atoms with Gasteiger partial charge in [0.05, 0.1) is 11.4 Å². The van der Waals surface area contributed by atoms with Crippen molar-refractivity contribution in [3.63, 3.8) is 0 Å². The Labute approximate surface area is 191 Å². The number of halogens is 1. The van der Waals surface area contributed by atoms with Crippen LogP contribution in [-0.4, -0.2) is 25.0 Å². The molecule has 3 aromatic rings. The summed E-state index contributed by atoms with van der Waals surface area (Å²) in [5.74, 6) is 0.753. The standard InChI is InChI=1S/C25H23ClN2O4/c1-16-5-7-19(8-6-16)25(30)28-20-4-2-3-17(11-20)15-27-23(29)14-18-12-21(26)24-22(13-18)31-9-10-32-24/h2-8,11-13H,9-10,14-15H2,1H3,(H,27,29)(H,28,30). The maximum Gasteiger partial charge on any atom is 0.255 e. The van der Waals surface area contributed by atoms with Gasteiger partial charge in [0, 0.05) is 17.8 Å². The number of carbonyl (C=O) groups is 2. The predicted octanol–water partition coefficient (Wildman–Crippen LogP) is 4.53. The van der Waals surface area contributed by atoms with E-state index in [1.807, 2.05) is 43.3 Å². The predicted molar refractivity (Wildman–Crippen MR) is 124 cm³/mol. The molecule has 0 saturated heterocycles. The van der Waals surface area contributed by atoms with Crippen molar-refractivity contribution in [3.8, 4) is 11.5 Å². The lowest BCUT2D eigenvalue weighted by Gasteiger charge is -2.20. The van der Waals surface area contributed by atoms with Gasteiger partial charge in [-0.2, -0.15) is 0 Å². The van der Waals surface area contributed by atoms with Crippen LogP contribution in [0.5, 0.6) is 11.5 Å². The van der Waals surface area contributed by atoms with Crippen LogP contribution in [0.3, 0.4) is 0 Å². The van der Waals surface area contributed by atoms with Gasteiger partial charge in [0.25, 0.3) is 5.91 Å². The monoisotopic (exact) mass is 450 g/mol. The van der Waals surface area contributed by atoms with E-state index in [1.165, 1.54) is 0 Å². The molecule has 0 atom stereocenters. The van der Waals surface area contributed by atoms with Gasteiger partial charge in [-0.05, 0) is 54.4 Å². The van der Waals surface area contributed by atoms with E-state index in [1.54, 1.807) is 24.3 Å². The highest BCUT2D eigenvalue weighted by Gasteiger charge is 2.17. The van der Waals surface area contributed by atoms with E-state index >= 15 is 0 Å². The van der Waals surface area contributed by atoms with Crippen molar-refractivity contribution in [2.75, 3.05) is 18.5 Å². The van der Waals surface area contributed by atoms with Crippen molar-refractivity contribution < 1.29 is 19.1 Å². The first-order chi connectivity index (χ1) is 15.5. The van der Waals surface area contributed by atoms with Crippen LogP contribution in [0.15, 0.2) is 60.7 Å². The third-order valence-electron chi connectivity index (χ3n) is 5.01. The zero-order chi connectivity index (χ0) is 22.5. The fourth-order valence-corrected chi connectivity index (χ4v) is 3.67. The first kappa shape index (κ1) is 21.7. The maximum absolute atomic E-state index is 12.4. The highest BCUT2D eigenvalue weighted by Crippen LogP contribution is 2.38. The smallest absolute Gasteiger partial charge is 0.255 e. The van der Waals surface area contributed by atoms with Crippen molar-refractivity contribution in [1.29, 1.82) is 0 Å². The lowest BCUT2D eigenvalue weighted by atomic mass is 10.1. The molecule has 2 amide bonds. The third-order valence-corrected chi connectivity index (χ3v) is 5.29. The Kier molecular flexibility index (Phi) is 6.61. The number of carbonyl (C=O) groups excluding carboxylic acids is 2.